The summed E-state index contributed by atoms with van der Waals surface area (Å²) in [6, 6.07) is 0. The first-order valence-corrected chi connectivity index (χ1v) is 4.24. The molecular formula is C8H3F3O2S. The van der Waals surface area contributed by atoms with Gasteiger partial charge in [0.1, 0.15) is 0 Å². The van der Waals surface area contributed by atoms with E-state index < -0.39 is 17.7 Å². The molecular weight excluding hydrogens is 217 g/mol. The molecule has 0 amide bonds. The van der Waals surface area contributed by atoms with Crippen molar-refractivity contribution in [1.82, 2.24) is 0 Å². The standard InChI is InChI=1S/C8H3F3O2S/c9-8(10,11)6-4-14-3-5(6)1-2-7(12)13/h3-4H,(H,12,13). The van der Waals surface area contributed by atoms with Crippen molar-refractivity contribution in [2.24, 2.45) is 0 Å². The van der Waals surface area contributed by atoms with Crippen molar-refractivity contribution in [3.05, 3.63) is 21.9 Å². The quantitative estimate of drug-likeness (QED) is 0.680. The number of hydrogen-bond donors (Lipinski definition) is 1. The van der Waals surface area contributed by atoms with Gasteiger partial charge in [-0.15, -0.1) is 0 Å². The number of carboxylic acids is 1. The average Bonchev–Trinajstić information content (AvgIpc) is 2.46. The Labute approximate surface area is 81.0 Å². The minimum Gasteiger partial charge on any atom is -0.472 e. The van der Waals surface area contributed by atoms with Crippen LogP contribution >= 0.6 is 11.3 Å². The maximum absolute atomic E-state index is 12.2. The Morgan fingerprint density at radius 2 is 2.07 bits per heavy atom. The maximum atomic E-state index is 12.2. The van der Waals surface area contributed by atoms with Crippen molar-refractivity contribution in [1.29, 1.82) is 0 Å². The van der Waals surface area contributed by atoms with Crippen molar-refractivity contribution in [2.75, 3.05) is 0 Å². The van der Waals surface area contributed by atoms with Gasteiger partial charge >= 0.3 is 12.1 Å². The van der Waals surface area contributed by atoms with E-state index >= 15 is 0 Å². The van der Waals surface area contributed by atoms with Gasteiger partial charge in [-0.2, -0.15) is 24.5 Å². The lowest BCUT2D eigenvalue weighted by atomic mass is 10.2. The molecule has 0 atom stereocenters. The Bertz CT molecular complexity index is 408. The molecule has 74 valence electrons. The molecule has 0 aliphatic heterocycles. The fourth-order valence-corrected chi connectivity index (χ4v) is 1.52. The number of rotatable bonds is 0. The molecule has 1 aromatic heterocycles. The molecule has 0 unspecified atom stereocenters. The molecule has 14 heavy (non-hydrogen) atoms. The molecule has 1 heterocycles. The van der Waals surface area contributed by atoms with Crippen LogP contribution < -0.4 is 0 Å². The molecule has 0 spiro atoms. The lowest BCUT2D eigenvalue weighted by Gasteiger charge is -2.03. The van der Waals surface area contributed by atoms with Crippen molar-refractivity contribution in [3.63, 3.8) is 0 Å². The van der Waals surface area contributed by atoms with Gasteiger partial charge in [0.15, 0.2) is 0 Å². The van der Waals surface area contributed by atoms with Gasteiger partial charge in [0.25, 0.3) is 0 Å². The van der Waals surface area contributed by atoms with Gasteiger partial charge in [-0.1, -0.05) is 5.92 Å². The maximum Gasteiger partial charge on any atom is 0.418 e. The molecule has 0 bridgehead atoms. The number of carboxylic acid groups (broad SMARTS) is 1. The summed E-state index contributed by atoms with van der Waals surface area (Å²) in [7, 11) is 0. The number of carbonyl (C=O) groups is 1. The summed E-state index contributed by atoms with van der Waals surface area (Å²) >= 11 is 0.829. The van der Waals surface area contributed by atoms with E-state index in [1.807, 2.05) is 5.92 Å². The van der Waals surface area contributed by atoms with E-state index in [0.29, 0.717) is 0 Å². The Kier molecular flexibility index (Phi) is 2.81. The van der Waals surface area contributed by atoms with Crippen LogP contribution in [-0.2, 0) is 11.0 Å². The Hall–Kier alpha value is -1.48. The SMILES string of the molecule is O=C(O)C#Cc1cscc1C(F)(F)F. The Morgan fingerprint density at radius 3 is 2.57 bits per heavy atom. The Balaban J connectivity index is 3.08. The lowest BCUT2D eigenvalue weighted by Crippen LogP contribution is -2.05. The van der Waals surface area contributed by atoms with E-state index in [-0.39, 0.29) is 5.56 Å². The van der Waals surface area contributed by atoms with Crippen molar-refractivity contribution >= 4 is 17.3 Å². The first-order valence-electron chi connectivity index (χ1n) is 3.29. The van der Waals surface area contributed by atoms with E-state index in [1.165, 1.54) is 5.38 Å². The monoisotopic (exact) mass is 220 g/mol. The summed E-state index contributed by atoms with van der Waals surface area (Å²) in [5.41, 5.74) is -1.19. The predicted octanol–water partition coefficient (Wildman–Crippen LogP) is 2.20. The molecule has 0 saturated heterocycles. The lowest BCUT2D eigenvalue weighted by molar-refractivity contribution is -0.137. The second kappa shape index (κ2) is 3.72. The van der Waals surface area contributed by atoms with Crippen LogP contribution in [0.25, 0.3) is 0 Å². The molecule has 1 N–H and O–H groups in total. The zero-order valence-corrected chi connectivity index (χ0v) is 7.37. The molecule has 0 aliphatic rings. The molecule has 2 nitrogen and oxygen atoms in total. The zero-order valence-electron chi connectivity index (χ0n) is 6.55. The average molecular weight is 220 g/mol. The highest BCUT2D eigenvalue weighted by Crippen LogP contribution is 2.33. The topological polar surface area (TPSA) is 37.3 Å². The van der Waals surface area contributed by atoms with Crippen LogP contribution in [0.3, 0.4) is 0 Å². The number of hydrogen-bond acceptors (Lipinski definition) is 2. The largest absolute Gasteiger partial charge is 0.472 e. The van der Waals surface area contributed by atoms with E-state index in [1.54, 1.807) is 5.92 Å². The fraction of sp³-hybridized carbons (Fsp3) is 0.125. The second-order valence-corrected chi connectivity index (χ2v) is 3.00. The third kappa shape index (κ3) is 2.50. The summed E-state index contributed by atoms with van der Waals surface area (Å²) in [5, 5.41) is 10.2. The van der Waals surface area contributed by atoms with Crippen LogP contribution in [-0.4, -0.2) is 11.1 Å². The smallest absolute Gasteiger partial charge is 0.418 e. The third-order valence-electron chi connectivity index (χ3n) is 1.27. The van der Waals surface area contributed by atoms with Crippen LogP contribution in [0.1, 0.15) is 11.1 Å². The van der Waals surface area contributed by atoms with E-state index in [2.05, 4.69) is 0 Å². The molecule has 6 heteroatoms. The minimum atomic E-state index is -4.48. The van der Waals surface area contributed by atoms with Gasteiger partial charge < -0.3 is 5.11 Å². The summed E-state index contributed by atoms with van der Waals surface area (Å²) in [6.45, 7) is 0. The van der Waals surface area contributed by atoms with Crippen LogP contribution in [0.5, 0.6) is 0 Å². The van der Waals surface area contributed by atoms with Crippen molar-refractivity contribution in [2.45, 2.75) is 6.18 Å². The van der Waals surface area contributed by atoms with E-state index in [0.717, 1.165) is 16.7 Å². The van der Waals surface area contributed by atoms with Crippen LogP contribution in [0.15, 0.2) is 10.8 Å². The van der Waals surface area contributed by atoms with Crippen LogP contribution in [0.2, 0.25) is 0 Å². The highest BCUT2D eigenvalue weighted by Gasteiger charge is 2.33. The molecule has 1 rings (SSSR count). The third-order valence-corrected chi connectivity index (χ3v) is 2.02. The van der Waals surface area contributed by atoms with Crippen LogP contribution in [0.4, 0.5) is 13.2 Å². The zero-order chi connectivity index (χ0) is 10.8. The van der Waals surface area contributed by atoms with Crippen molar-refractivity contribution < 1.29 is 23.1 Å². The molecule has 0 aliphatic carbocycles. The molecule has 0 fully saturated rings. The summed E-state index contributed by atoms with van der Waals surface area (Å²) in [6.07, 6.45) is -4.48. The van der Waals surface area contributed by atoms with E-state index in [9.17, 15) is 18.0 Å². The second-order valence-electron chi connectivity index (χ2n) is 2.25. The molecule has 0 radical (unpaired) electrons. The highest BCUT2D eigenvalue weighted by atomic mass is 32.1. The van der Waals surface area contributed by atoms with Crippen LogP contribution in [0, 0.1) is 11.8 Å². The molecule has 0 aromatic carbocycles. The van der Waals surface area contributed by atoms with Crippen molar-refractivity contribution in [3.8, 4) is 11.8 Å². The minimum absolute atomic E-state index is 0.301. The van der Waals surface area contributed by atoms with E-state index in [4.69, 9.17) is 5.11 Å². The molecule has 1 aromatic rings. The van der Waals surface area contributed by atoms with Gasteiger partial charge in [-0.3, -0.25) is 0 Å². The van der Waals surface area contributed by atoms with Gasteiger partial charge in [-0.25, -0.2) is 4.79 Å². The highest BCUT2D eigenvalue weighted by molar-refractivity contribution is 7.08. The Morgan fingerprint density at radius 1 is 1.43 bits per heavy atom. The number of alkyl halides is 3. The fourth-order valence-electron chi connectivity index (χ4n) is 0.734. The summed E-state index contributed by atoms with van der Waals surface area (Å²) in [4.78, 5) is 10.0. The number of aliphatic carboxylic acids is 1. The molecule has 0 saturated carbocycles. The first kappa shape index (κ1) is 10.6. The number of halogens is 3. The normalized spacial score (nSPS) is 10.5. The van der Waals surface area contributed by atoms with Gasteiger partial charge in [0.2, 0.25) is 0 Å². The number of thiophene rings is 1. The summed E-state index contributed by atoms with van der Waals surface area (Å²) < 4.78 is 36.6. The first-order chi connectivity index (χ1) is 6.41. The summed E-state index contributed by atoms with van der Waals surface area (Å²) in [5.74, 6) is 2.12. The van der Waals surface area contributed by atoms with Gasteiger partial charge in [0, 0.05) is 22.2 Å². The predicted molar refractivity (Wildman–Crippen MR) is 43.8 cm³/mol. The van der Waals surface area contributed by atoms with Gasteiger partial charge in [0.05, 0.1) is 5.56 Å². The van der Waals surface area contributed by atoms with Gasteiger partial charge in [-0.05, 0) is 0 Å².